The van der Waals surface area contributed by atoms with Crippen molar-refractivity contribution in [2.75, 3.05) is 20.2 Å². The summed E-state index contributed by atoms with van der Waals surface area (Å²) in [5.41, 5.74) is 1.45. The smallest absolute Gasteiger partial charge is 0.122 e. The van der Waals surface area contributed by atoms with E-state index in [0.717, 1.165) is 30.1 Å². The van der Waals surface area contributed by atoms with E-state index in [1.54, 1.807) is 0 Å². The highest BCUT2D eigenvalue weighted by Gasteiger charge is 2.32. The van der Waals surface area contributed by atoms with Gasteiger partial charge in [-0.2, -0.15) is 0 Å². The molecule has 2 aliphatic rings. The zero-order valence-electron chi connectivity index (χ0n) is 13.5. The van der Waals surface area contributed by atoms with E-state index in [2.05, 4.69) is 43.6 Å². The van der Waals surface area contributed by atoms with Crippen LogP contribution in [-0.4, -0.2) is 20.2 Å². The zero-order valence-corrected chi connectivity index (χ0v) is 13.5. The molecule has 1 aliphatic heterocycles. The molecule has 0 bridgehead atoms. The molecule has 0 aromatic heterocycles. The van der Waals surface area contributed by atoms with Gasteiger partial charge in [0.15, 0.2) is 0 Å². The van der Waals surface area contributed by atoms with Crippen molar-refractivity contribution in [3.05, 3.63) is 29.8 Å². The minimum atomic E-state index is 0.699. The number of hydrogen-bond donors (Lipinski definition) is 1. The van der Waals surface area contributed by atoms with E-state index in [1.807, 2.05) is 0 Å². The Hall–Kier alpha value is -1.02. The standard InChI is InChI=1S/C19H29NO/c1-14-7-8-16(13-20-2)17(11-14)12-15-9-10-21-19-6-4-3-5-18(15)19/h3-6,14-17,20H,7-13H2,1-2H3. The van der Waals surface area contributed by atoms with Crippen LogP contribution in [0.2, 0.25) is 0 Å². The van der Waals surface area contributed by atoms with Crippen molar-refractivity contribution in [3.63, 3.8) is 0 Å². The van der Waals surface area contributed by atoms with Crippen LogP contribution < -0.4 is 10.1 Å². The molecule has 1 saturated carbocycles. The molecule has 1 aliphatic carbocycles. The molecule has 1 aromatic rings. The van der Waals surface area contributed by atoms with Crippen LogP contribution >= 0.6 is 0 Å². The van der Waals surface area contributed by atoms with Gasteiger partial charge in [0.1, 0.15) is 5.75 Å². The lowest BCUT2D eigenvalue weighted by molar-refractivity contribution is 0.156. The van der Waals surface area contributed by atoms with Gasteiger partial charge in [-0.15, -0.1) is 0 Å². The fourth-order valence-corrected chi connectivity index (χ4v) is 4.41. The van der Waals surface area contributed by atoms with Crippen molar-refractivity contribution < 1.29 is 4.74 Å². The van der Waals surface area contributed by atoms with Crippen LogP contribution in [-0.2, 0) is 0 Å². The molecule has 2 nitrogen and oxygen atoms in total. The largest absolute Gasteiger partial charge is 0.493 e. The predicted molar refractivity (Wildman–Crippen MR) is 87.8 cm³/mol. The number of fused-ring (bicyclic) bond motifs is 1. The van der Waals surface area contributed by atoms with Gasteiger partial charge in [0, 0.05) is 0 Å². The summed E-state index contributed by atoms with van der Waals surface area (Å²) < 4.78 is 5.83. The molecule has 2 heteroatoms. The van der Waals surface area contributed by atoms with Gasteiger partial charge in [0.05, 0.1) is 6.61 Å². The maximum absolute atomic E-state index is 5.83. The number of para-hydroxylation sites is 1. The molecule has 4 atom stereocenters. The lowest BCUT2D eigenvalue weighted by Crippen LogP contribution is -2.32. The summed E-state index contributed by atoms with van der Waals surface area (Å²) in [6, 6.07) is 8.66. The summed E-state index contributed by atoms with van der Waals surface area (Å²) in [6.45, 7) is 4.50. The summed E-state index contributed by atoms with van der Waals surface area (Å²) in [7, 11) is 2.10. The topological polar surface area (TPSA) is 21.3 Å². The van der Waals surface area contributed by atoms with E-state index in [1.165, 1.54) is 44.2 Å². The summed E-state index contributed by atoms with van der Waals surface area (Å²) in [4.78, 5) is 0. The van der Waals surface area contributed by atoms with Crippen molar-refractivity contribution >= 4 is 0 Å². The Morgan fingerprint density at radius 2 is 2.00 bits per heavy atom. The zero-order chi connectivity index (χ0) is 14.7. The summed E-state index contributed by atoms with van der Waals surface area (Å²) in [6.07, 6.45) is 6.75. The Labute approximate surface area is 129 Å². The highest BCUT2D eigenvalue weighted by molar-refractivity contribution is 5.37. The first kappa shape index (κ1) is 14.9. The van der Waals surface area contributed by atoms with Crippen molar-refractivity contribution in [3.8, 4) is 5.75 Å². The van der Waals surface area contributed by atoms with Gasteiger partial charge in [-0.1, -0.05) is 31.5 Å². The summed E-state index contributed by atoms with van der Waals surface area (Å²) in [5, 5.41) is 3.41. The molecule has 1 N–H and O–H groups in total. The average molecular weight is 287 g/mol. The SMILES string of the molecule is CNCC1CCC(C)CC1CC1CCOc2ccccc21. The number of nitrogens with one attached hydrogen (secondary N) is 1. The first-order valence-corrected chi connectivity index (χ1v) is 8.64. The third-order valence-corrected chi connectivity index (χ3v) is 5.54. The predicted octanol–water partition coefficient (Wildman–Crippen LogP) is 4.21. The molecule has 0 spiro atoms. The van der Waals surface area contributed by atoms with Gasteiger partial charge >= 0.3 is 0 Å². The van der Waals surface area contributed by atoms with Gasteiger partial charge in [0.25, 0.3) is 0 Å². The van der Waals surface area contributed by atoms with Gasteiger partial charge in [-0.3, -0.25) is 0 Å². The van der Waals surface area contributed by atoms with Gasteiger partial charge in [-0.05, 0) is 74.6 Å². The molecule has 1 aromatic carbocycles. The average Bonchev–Trinajstić information content (AvgIpc) is 2.50. The lowest BCUT2D eigenvalue weighted by atomic mass is 9.70. The highest BCUT2D eigenvalue weighted by Crippen LogP contribution is 2.43. The molecule has 116 valence electrons. The third kappa shape index (κ3) is 3.42. The molecule has 4 unspecified atom stereocenters. The fraction of sp³-hybridized carbons (Fsp3) is 0.684. The second-order valence-corrected chi connectivity index (χ2v) is 7.10. The Kier molecular flexibility index (Phi) is 4.84. The minimum absolute atomic E-state index is 0.699. The molecule has 3 rings (SSSR count). The van der Waals surface area contributed by atoms with Gasteiger partial charge in [0.2, 0.25) is 0 Å². The van der Waals surface area contributed by atoms with E-state index in [9.17, 15) is 0 Å². The summed E-state index contributed by atoms with van der Waals surface area (Å²) >= 11 is 0. The molecule has 1 heterocycles. The second kappa shape index (κ2) is 6.83. The van der Waals surface area contributed by atoms with Gasteiger partial charge < -0.3 is 10.1 Å². The van der Waals surface area contributed by atoms with Crippen LogP contribution in [0.4, 0.5) is 0 Å². The molecule has 0 amide bonds. The van der Waals surface area contributed by atoms with Crippen molar-refractivity contribution in [1.82, 2.24) is 5.32 Å². The Morgan fingerprint density at radius 3 is 2.86 bits per heavy atom. The van der Waals surface area contributed by atoms with Gasteiger partial charge in [-0.25, -0.2) is 0 Å². The van der Waals surface area contributed by atoms with Crippen LogP contribution in [0.25, 0.3) is 0 Å². The van der Waals surface area contributed by atoms with Crippen LogP contribution in [0.1, 0.15) is 50.5 Å². The Morgan fingerprint density at radius 1 is 1.14 bits per heavy atom. The van der Waals surface area contributed by atoms with Crippen molar-refractivity contribution in [1.29, 1.82) is 0 Å². The van der Waals surface area contributed by atoms with E-state index in [0.29, 0.717) is 5.92 Å². The molecule has 0 saturated heterocycles. The molecular formula is C19H29NO. The van der Waals surface area contributed by atoms with E-state index < -0.39 is 0 Å². The number of rotatable bonds is 4. The lowest BCUT2D eigenvalue weighted by Gasteiger charge is -2.38. The Bertz CT molecular complexity index is 459. The third-order valence-electron chi connectivity index (χ3n) is 5.54. The normalized spacial score (nSPS) is 32.3. The van der Waals surface area contributed by atoms with E-state index in [4.69, 9.17) is 4.74 Å². The highest BCUT2D eigenvalue weighted by atomic mass is 16.5. The minimum Gasteiger partial charge on any atom is -0.493 e. The quantitative estimate of drug-likeness (QED) is 0.895. The first-order valence-electron chi connectivity index (χ1n) is 8.64. The van der Waals surface area contributed by atoms with Crippen LogP contribution in [0.15, 0.2) is 24.3 Å². The maximum Gasteiger partial charge on any atom is 0.122 e. The fourth-order valence-electron chi connectivity index (χ4n) is 4.41. The molecule has 1 fully saturated rings. The van der Waals surface area contributed by atoms with Crippen LogP contribution in [0.3, 0.4) is 0 Å². The van der Waals surface area contributed by atoms with Crippen molar-refractivity contribution in [2.24, 2.45) is 17.8 Å². The number of benzene rings is 1. The van der Waals surface area contributed by atoms with Crippen LogP contribution in [0, 0.1) is 17.8 Å². The molecule has 0 radical (unpaired) electrons. The summed E-state index contributed by atoms with van der Waals surface area (Å²) in [5.74, 6) is 4.46. The molecular weight excluding hydrogens is 258 g/mol. The van der Waals surface area contributed by atoms with Crippen molar-refractivity contribution in [2.45, 2.75) is 44.9 Å². The first-order chi connectivity index (χ1) is 10.3. The van der Waals surface area contributed by atoms with Crippen LogP contribution in [0.5, 0.6) is 5.75 Å². The number of ether oxygens (including phenoxy) is 1. The monoisotopic (exact) mass is 287 g/mol. The van der Waals surface area contributed by atoms with E-state index >= 15 is 0 Å². The van der Waals surface area contributed by atoms with E-state index in [-0.39, 0.29) is 0 Å². The Balaban J connectivity index is 1.72. The molecule has 21 heavy (non-hydrogen) atoms. The maximum atomic E-state index is 5.83. The number of hydrogen-bond acceptors (Lipinski definition) is 2. The second-order valence-electron chi connectivity index (χ2n) is 7.10.